The number of benzene rings is 2. The molecule has 2 aliphatic carbocycles. The van der Waals surface area contributed by atoms with Gasteiger partial charge in [0.1, 0.15) is 0 Å². The maximum absolute atomic E-state index is 12.4. The van der Waals surface area contributed by atoms with Crippen molar-refractivity contribution in [2.24, 2.45) is 11.3 Å². The van der Waals surface area contributed by atoms with Crippen LogP contribution in [0.3, 0.4) is 0 Å². The predicted octanol–water partition coefficient (Wildman–Crippen LogP) is 7.08. The van der Waals surface area contributed by atoms with Gasteiger partial charge in [-0.25, -0.2) is 4.79 Å². The molecule has 1 fully saturated rings. The first-order valence-electron chi connectivity index (χ1n) is 11.8. The van der Waals surface area contributed by atoms with Crippen molar-refractivity contribution in [3.63, 3.8) is 0 Å². The fourth-order valence-electron chi connectivity index (χ4n) is 6.19. The Morgan fingerprint density at radius 2 is 1.90 bits per heavy atom. The monoisotopic (exact) mass is 416 g/mol. The number of hydrogen-bond acceptors (Lipinski definition) is 2. The highest BCUT2D eigenvalue weighted by molar-refractivity contribution is 5.87. The van der Waals surface area contributed by atoms with Crippen molar-refractivity contribution in [3.05, 3.63) is 76.9 Å². The zero-order chi connectivity index (χ0) is 22.1. The summed E-state index contributed by atoms with van der Waals surface area (Å²) in [6.45, 7) is 9.85. The Kier molecular flexibility index (Phi) is 6.10. The van der Waals surface area contributed by atoms with Gasteiger partial charge < -0.3 is 4.74 Å². The van der Waals surface area contributed by atoms with Gasteiger partial charge in [0.15, 0.2) is 0 Å². The second-order valence-corrected chi connectivity index (χ2v) is 10.4. The van der Waals surface area contributed by atoms with E-state index in [1.54, 1.807) is 6.08 Å². The Labute approximate surface area is 187 Å². The summed E-state index contributed by atoms with van der Waals surface area (Å²) in [6.07, 6.45) is 9.24. The van der Waals surface area contributed by atoms with E-state index in [9.17, 15) is 4.79 Å². The van der Waals surface area contributed by atoms with E-state index in [0.29, 0.717) is 18.4 Å². The molecule has 2 aliphatic rings. The summed E-state index contributed by atoms with van der Waals surface area (Å²) in [5, 5.41) is 0. The van der Waals surface area contributed by atoms with Crippen LogP contribution in [0.1, 0.15) is 81.5 Å². The van der Waals surface area contributed by atoms with E-state index in [1.165, 1.54) is 36.0 Å². The van der Waals surface area contributed by atoms with E-state index in [0.717, 1.165) is 18.4 Å². The van der Waals surface area contributed by atoms with Crippen LogP contribution in [0.2, 0.25) is 0 Å². The lowest BCUT2D eigenvalue weighted by Crippen LogP contribution is -2.51. The third-order valence-electron chi connectivity index (χ3n) is 7.92. The van der Waals surface area contributed by atoms with Gasteiger partial charge in [-0.3, -0.25) is 0 Å². The van der Waals surface area contributed by atoms with Crippen LogP contribution in [0.4, 0.5) is 0 Å². The molecule has 2 heteroatoms. The van der Waals surface area contributed by atoms with Gasteiger partial charge in [-0.1, -0.05) is 82.6 Å². The van der Waals surface area contributed by atoms with Gasteiger partial charge in [0, 0.05) is 11.5 Å². The van der Waals surface area contributed by atoms with Gasteiger partial charge in [-0.2, -0.15) is 0 Å². The quantitative estimate of drug-likeness (QED) is 0.385. The highest BCUT2D eigenvalue weighted by Gasteiger charge is 2.52. The molecule has 0 aromatic heterocycles. The maximum Gasteiger partial charge on any atom is 0.330 e. The fraction of sp³-hybridized carbons (Fsp3) is 0.483. The molecule has 0 bridgehead atoms. The molecular formula is C29H36O2. The Hall–Kier alpha value is -2.35. The number of carbonyl (C=O) groups excluding carboxylic acids is 1. The van der Waals surface area contributed by atoms with Crippen molar-refractivity contribution < 1.29 is 9.53 Å². The van der Waals surface area contributed by atoms with Gasteiger partial charge in [0.05, 0.1) is 6.61 Å². The summed E-state index contributed by atoms with van der Waals surface area (Å²) < 4.78 is 5.81. The third kappa shape index (κ3) is 4.35. The van der Waals surface area contributed by atoms with Gasteiger partial charge >= 0.3 is 5.97 Å². The Morgan fingerprint density at radius 3 is 2.65 bits per heavy atom. The van der Waals surface area contributed by atoms with Crippen molar-refractivity contribution in [2.45, 2.75) is 71.1 Å². The molecule has 3 atom stereocenters. The zero-order valence-electron chi connectivity index (χ0n) is 19.5. The first kappa shape index (κ1) is 21.9. The number of esters is 1. The molecule has 2 aromatic rings. The van der Waals surface area contributed by atoms with Crippen LogP contribution in [0, 0.1) is 11.3 Å². The van der Waals surface area contributed by atoms with Crippen LogP contribution in [0.25, 0.3) is 6.08 Å². The van der Waals surface area contributed by atoms with Gasteiger partial charge in [0.25, 0.3) is 0 Å². The summed E-state index contributed by atoms with van der Waals surface area (Å²) in [5.74, 6) is 0.864. The lowest BCUT2D eigenvalue weighted by Gasteiger charge is -2.55. The topological polar surface area (TPSA) is 26.3 Å². The smallest absolute Gasteiger partial charge is 0.330 e. The third-order valence-corrected chi connectivity index (χ3v) is 7.92. The summed E-state index contributed by atoms with van der Waals surface area (Å²) in [7, 11) is 0. The number of rotatable bonds is 5. The van der Waals surface area contributed by atoms with Crippen LogP contribution in [-0.4, -0.2) is 12.6 Å². The Balaban J connectivity index is 1.49. The van der Waals surface area contributed by atoms with Crippen molar-refractivity contribution >= 4 is 12.0 Å². The van der Waals surface area contributed by atoms with E-state index in [2.05, 4.69) is 45.9 Å². The van der Waals surface area contributed by atoms with Crippen LogP contribution in [0.15, 0.2) is 54.6 Å². The Morgan fingerprint density at radius 1 is 1.13 bits per heavy atom. The van der Waals surface area contributed by atoms with E-state index >= 15 is 0 Å². The molecule has 0 aliphatic heterocycles. The van der Waals surface area contributed by atoms with Gasteiger partial charge in [0.2, 0.25) is 0 Å². The van der Waals surface area contributed by atoms with E-state index in [-0.39, 0.29) is 16.8 Å². The number of aryl methyl sites for hydroxylation is 1. The lowest BCUT2D eigenvalue weighted by molar-refractivity contribution is -0.145. The molecule has 0 radical (unpaired) electrons. The van der Waals surface area contributed by atoms with Crippen LogP contribution >= 0.6 is 0 Å². The van der Waals surface area contributed by atoms with Crippen molar-refractivity contribution in [1.29, 1.82) is 0 Å². The molecule has 164 valence electrons. The van der Waals surface area contributed by atoms with Crippen molar-refractivity contribution in [3.8, 4) is 0 Å². The molecule has 4 rings (SSSR count). The summed E-state index contributed by atoms with van der Waals surface area (Å²) in [5.41, 5.74) is 5.73. The largest absolute Gasteiger partial charge is 0.462 e. The highest BCUT2D eigenvalue weighted by atomic mass is 16.5. The fourth-order valence-corrected chi connectivity index (χ4v) is 6.19. The second-order valence-electron chi connectivity index (χ2n) is 10.4. The molecule has 31 heavy (non-hydrogen) atoms. The van der Waals surface area contributed by atoms with Crippen LogP contribution in [-0.2, 0) is 21.4 Å². The van der Waals surface area contributed by atoms with Crippen LogP contribution in [0.5, 0.6) is 0 Å². The highest BCUT2D eigenvalue weighted by Crippen LogP contribution is 2.57. The molecule has 2 aromatic carbocycles. The number of hydrogen-bond donors (Lipinski definition) is 0. The normalized spacial score (nSPS) is 27.7. The van der Waals surface area contributed by atoms with Crippen molar-refractivity contribution in [2.75, 3.05) is 6.61 Å². The zero-order valence-corrected chi connectivity index (χ0v) is 19.5. The molecule has 0 spiro atoms. The Bertz CT molecular complexity index is 958. The molecule has 1 saturated carbocycles. The van der Waals surface area contributed by atoms with E-state index in [4.69, 9.17) is 4.74 Å². The van der Waals surface area contributed by atoms with Crippen LogP contribution < -0.4 is 0 Å². The molecule has 0 N–H and O–H groups in total. The van der Waals surface area contributed by atoms with Crippen molar-refractivity contribution in [1.82, 2.24) is 0 Å². The van der Waals surface area contributed by atoms with E-state index < -0.39 is 0 Å². The average molecular weight is 417 g/mol. The average Bonchev–Trinajstić information content (AvgIpc) is 2.76. The first-order valence-corrected chi connectivity index (χ1v) is 11.8. The number of fused-ring (bicyclic) bond motifs is 3. The summed E-state index contributed by atoms with van der Waals surface area (Å²) in [4.78, 5) is 12.4. The molecule has 0 heterocycles. The molecular weight excluding hydrogens is 380 g/mol. The molecule has 3 unspecified atom stereocenters. The minimum absolute atomic E-state index is 0.0255. The minimum Gasteiger partial charge on any atom is -0.462 e. The molecule has 2 nitrogen and oxygen atoms in total. The second kappa shape index (κ2) is 8.65. The molecule has 0 amide bonds. The predicted molar refractivity (Wildman–Crippen MR) is 128 cm³/mol. The number of carbonyl (C=O) groups is 1. The number of ether oxygens (including phenoxy) is 1. The van der Waals surface area contributed by atoms with E-state index in [1.807, 2.05) is 36.4 Å². The summed E-state index contributed by atoms with van der Waals surface area (Å²) in [6, 6.07) is 17.1. The SMILES string of the molecule is CC(C)c1ccc2c(c1)CCC1C(C)(COC(=O)/C=C/c3ccccc3)CCCC21C. The van der Waals surface area contributed by atoms with Gasteiger partial charge in [-0.15, -0.1) is 0 Å². The van der Waals surface area contributed by atoms with Gasteiger partial charge in [-0.05, 0) is 71.3 Å². The first-order chi connectivity index (χ1) is 14.8. The standard InChI is InChI=1S/C29H36O2/c1-21(2)23-12-14-25-24(19-23)13-15-26-28(3,17-8-18-29(25,26)4)20-31-27(30)16-11-22-9-6-5-7-10-22/h5-7,9-12,14,16,19,21,26H,8,13,15,17-18,20H2,1-4H3/b16-11+. The maximum atomic E-state index is 12.4. The summed E-state index contributed by atoms with van der Waals surface area (Å²) >= 11 is 0. The minimum atomic E-state index is -0.241. The molecule has 0 saturated heterocycles. The lowest BCUT2D eigenvalue weighted by atomic mass is 9.50.